The number of carbonyl (C=O) groups excluding carboxylic acids is 3. The van der Waals surface area contributed by atoms with Crippen LogP contribution in [0.3, 0.4) is 0 Å². The lowest BCUT2D eigenvalue weighted by atomic mass is 9.81. The Kier molecular flexibility index (Phi) is 6.02. The maximum Gasteiger partial charge on any atom is 0.241 e. The molecular formula is C24H25N3O3. The Morgan fingerprint density at radius 1 is 0.867 bits per heavy atom. The molecule has 0 radical (unpaired) electrons. The largest absolute Gasteiger partial charge is 0.282 e. The topological polar surface area (TPSA) is 78.8 Å². The van der Waals surface area contributed by atoms with Crippen molar-refractivity contribution < 1.29 is 14.4 Å². The second-order valence-electron chi connectivity index (χ2n) is 7.80. The van der Waals surface area contributed by atoms with Gasteiger partial charge < -0.3 is 0 Å². The number of amides is 3. The van der Waals surface area contributed by atoms with Crippen molar-refractivity contribution in [1.29, 1.82) is 0 Å². The molecule has 6 nitrogen and oxygen atoms in total. The fraction of sp³-hybridized carbons (Fsp3) is 0.333. The Labute approximate surface area is 176 Å². The average Bonchev–Trinajstić information content (AvgIpc) is 3.04. The summed E-state index contributed by atoms with van der Waals surface area (Å²) in [5.74, 6) is -0.925. The van der Waals surface area contributed by atoms with Gasteiger partial charge in [-0.25, -0.2) is 5.43 Å². The van der Waals surface area contributed by atoms with Crippen molar-refractivity contribution in [2.24, 2.45) is 16.9 Å². The molecule has 0 bridgehead atoms. The van der Waals surface area contributed by atoms with E-state index in [1.165, 1.54) is 4.90 Å². The number of imide groups is 1. The van der Waals surface area contributed by atoms with Crippen molar-refractivity contribution in [3.63, 3.8) is 0 Å². The Morgan fingerprint density at radius 2 is 1.37 bits per heavy atom. The third kappa shape index (κ3) is 4.17. The van der Waals surface area contributed by atoms with E-state index in [2.05, 4.69) is 10.5 Å². The van der Waals surface area contributed by atoms with Gasteiger partial charge in [-0.1, -0.05) is 73.5 Å². The van der Waals surface area contributed by atoms with Gasteiger partial charge in [0.1, 0.15) is 0 Å². The number of fused-ring (bicyclic) bond motifs is 1. The molecule has 1 N–H and O–H groups in total. The number of hydrogen-bond donors (Lipinski definition) is 1. The van der Waals surface area contributed by atoms with E-state index in [0.717, 1.165) is 36.8 Å². The SMILES string of the molecule is O=C(CCN1C(=O)[C@H]2CCCC[C@H]2C1=O)NN=C(c1ccccc1)c1ccccc1. The molecule has 0 spiro atoms. The fourth-order valence-corrected chi connectivity index (χ4v) is 4.33. The van der Waals surface area contributed by atoms with Gasteiger partial charge in [-0.2, -0.15) is 5.10 Å². The minimum absolute atomic E-state index is 0.0390. The lowest BCUT2D eigenvalue weighted by Crippen LogP contribution is -2.34. The summed E-state index contributed by atoms with van der Waals surface area (Å²) in [5, 5.41) is 4.35. The predicted octanol–water partition coefficient (Wildman–Crippen LogP) is 3.12. The second-order valence-corrected chi connectivity index (χ2v) is 7.80. The Hall–Kier alpha value is -3.28. The molecule has 1 heterocycles. The van der Waals surface area contributed by atoms with Gasteiger partial charge in [0.05, 0.1) is 17.5 Å². The standard InChI is InChI=1S/C24H25N3O3/c28-21(15-16-27-23(29)19-13-7-8-14-20(19)24(27)30)25-26-22(17-9-3-1-4-10-17)18-11-5-2-6-12-18/h1-6,9-12,19-20H,7-8,13-16H2,(H,25,28)/t19-,20+. The van der Waals surface area contributed by atoms with E-state index < -0.39 is 0 Å². The van der Waals surface area contributed by atoms with Gasteiger partial charge in [-0.15, -0.1) is 0 Å². The van der Waals surface area contributed by atoms with Gasteiger partial charge in [0.2, 0.25) is 17.7 Å². The highest BCUT2D eigenvalue weighted by Gasteiger charge is 2.47. The van der Waals surface area contributed by atoms with Crippen LogP contribution in [0.1, 0.15) is 43.2 Å². The average molecular weight is 403 g/mol. The minimum atomic E-state index is -0.324. The van der Waals surface area contributed by atoms with E-state index in [1.54, 1.807) is 0 Å². The predicted molar refractivity (Wildman–Crippen MR) is 113 cm³/mol. The monoisotopic (exact) mass is 403 g/mol. The van der Waals surface area contributed by atoms with Gasteiger partial charge in [0, 0.05) is 24.1 Å². The first kappa shape index (κ1) is 20.0. The summed E-state index contributed by atoms with van der Waals surface area (Å²) in [4.78, 5) is 38.8. The maximum absolute atomic E-state index is 12.5. The molecule has 3 amide bonds. The lowest BCUT2D eigenvalue weighted by Gasteiger charge is -2.19. The van der Waals surface area contributed by atoms with Crippen LogP contribution in [0, 0.1) is 11.8 Å². The van der Waals surface area contributed by atoms with Crippen molar-refractivity contribution >= 4 is 23.4 Å². The molecule has 30 heavy (non-hydrogen) atoms. The number of likely N-dealkylation sites (tertiary alicyclic amines) is 1. The summed E-state index contributed by atoms with van der Waals surface area (Å²) < 4.78 is 0. The molecule has 2 aliphatic rings. The van der Waals surface area contributed by atoms with E-state index in [0.29, 0.717) is 5.71 Å². The fourth-order valence-electron chi connectivity index (χ4n) is 4.33. The van der Waals surface area contributed by atoms with E-state index in [9.17, 15) is 14.4 Å². The van der Waals surface area contributed by atoms with Crippen LogP contribution < -0.4 is 5.43 Å². The van der Waals surface area contributed by atoms with Crippen molar-refractivity contribution in [2.75, 3.05) is 6.54 Å². The van der Waals surface area contributed by atoms with E-state index in [4.69, 9.17) is 0 Å². The van der Waals surface area contributed by atoms with Crippen molar-refractivity contribution in [2.45, 2.75) is 32.1 Å². The first-order valence-electron chi connectivity index (χ1n) is 10.5. The van der Waals surface area contributed by atoms with Crippen molar-refractivity contribution in [3.8, 4) is 0 Å². The van der Waals surface area contributed by atoms with Crippen LogP contribution >= 0.6 is 0 Å². The van der Waals surface area contributed by atoms with Crippen molar-refractivity contribution in [1.82, 2.24) is 10.3 Å². The highest BCUT2D eigenvalue weighted by molar-refractivity contribution is 6.13. The molecule has 6 heteroatoms. The summed E-state index contributed by atoms with van der Waals surface area (Å²) in [5.41, 5.74) is 5.03. The molecule has 0 aromatic heterocycles. The molecule has 2 aromatic rings. The van der Waals surface area contributed by atoms with E-state index >= 15 is 0 Å². The molecule has 2 aromatic carbocycles. The molecule has 0 unspecified atom stereocenters. The number of hydrazone groups is 1. The number of hydrogen-bond acceptors (Lipinski definition) is 4. The van der Waals surface area contributed by atoms with Gasteiger partial charge >= 0.3 is 0 Å². The molecular weight excluding hydrogens is 378 g/mol. The zero-order valence-electron chi connectivity index (χ0n) is 16.8. The van der Waals surface area contributed by atoms with Gasteiger partial charge in [-0.3, -0.25) is 19.3 Å². The van der Waals surface area contributed by atoms with Crippen LogP contribution in [0.5, 0.6) is 0 Å². The molecule has 1 saturated carbocycles. The molecule has 1 aliphatic heterocycles. The molecule has 4 rings (SSSR count). The number of nitrogens with zero attached hydrogens (tertiary/aromatic N) is 2. The number of carbonyl (C=O) groups is 3. The van der Waals surface area contributed by atoms with Crippen LogP contribution in [0.15, 0.2) is 65.8 Å². The summed E-state index contributed by atoms with van der Waals surface area (Å²) in [7, 11) is 0. The Morgan fingerprint density at radius 3 is 1.87 bits per heavy atom. The molecule has 154 valence electrons. The maximum atomic E-state index is 12.5. The van der Waals surface area contributed by atoms with Gasteiger partial charge in [0.25, 0.3) is 0 Å². The van der Waals surface area contributed by atoms with Crippen molar-refractivity contribution in [3.05, 3.63) is 71.8 Å². The zero-order chi connectivity index (χ0) is 20.9. The van der Waals surface area contributed by atoms with Crippen LogP contribution in [-0.4, -0.2) is 34.9 Å². The summed E-state index contributed by atoms with van der Waals surface area (Å²) in [6.07, 6.45) is 3.58. The van der Waals surface area contributed by atoms with Crippen LogP contribution in [0.4, 0.5) is 0 Å². The Balaban J connectivity index is 1.42. The van der Waals surface area contributed by atoms with Crippen LogP contribution in [-0.2, 0) is 14.4 Å². The first-order valence-corrected chi connectivity index (χ1v) is 10.5. The van der Waals surface area contributed by atoms with Gasteiger partial charge in [-0.05, 0) is 12.8 Å². The van der Waals surface area contributed by atoms with E-state index in [1.807, 2.05) is 60.7 Å². The molecule has 1 aliphatic carbocycles. The first-order chi connectivity index (χ1) is 14.6. The van der Waals surface area contributed by atoms with Crippen LogP contribution in [0.25, 0.3) is 0 Å². The third-order valence-electron chi connectivity index (χ3n) is 5.88. The number of benzene rings is 2. The summed E-state index contributed by atoms with van der Waals surface area (Å²) in [6, 6.07) is 19.2. The quantitative estimate of drug-likeness (QED) is 0.457. The lowest BCUT2D eigenvalue weighted by molar-refractivity contribution is -0.140. The minimum Gasteiger partial charge on any atom is -0.282 e. The second kappa shape index (κ2) is 9.03. The molecule has 2 fully saturated rings. The smallest absolute Gasteiger partial charge is 0.241 e. The number of rotatable bonds is 6. The molecule has 1 saturated heterocycles. The van der Waals surface area contributed by atoms with E-state index in [-0.39, 0.29) is 42.5 Å². The Bertz CT molecular complexity index is 891. The highest BCUT2D eigenvalue weighted by Crippen LogP contribution is 2.37. The van der Waals surface area contributed by atoms with Crippen LogP contribution in [0.2, 0.25) is 0 Å². The normalized spacial score (nSPS) is 20.6. The third-order valence-corrected chi connectivity index (χ3v) is 5.88. The summed E-state index contributed by atoms with van der Waals surface area (Å²) >= 11 is 0. The van der Waals surface area contributed by atoms with Gasteiger partial charge in [0.15, 0.2) is 0 Å². The zero-order valence-corrected chi connectivity index (χ0v) is 16.8. The number of nitrogens with one attached hydrogen (secondary N) is 1. The highest BCUT2D eigenvalue weighted by atomic mass is 16.2. The molecule has 2 atom stereocenters. The summed E-state index contributed by atoms with van der Waals surface area (Å²) in [6.45, 7) is 0.109.